The Morgan fingerprint density at radius 1 is 1.27 bits per heavy atom. The van der Waals surface area contributed by atoms with Crippen molar-refractivity contribution in [2.45, 2.75) is 49.5 Å². The maximum absolute atomic E-state index is 12.7. The normalized spacial score (nSPS) is 14.7. The number of carbonyl (C=O) groups is 1. The molecule has 1 fully saturated rings. The summed E-state index contributed by atoms with van der Waals surface area (Å²) in [4.78, 5) is 12.2. The highest BCUT2D eigenvalue weighted by Gasteiger charge is 2.26. The topological polar surface area (TPSA) is 111 Å². The van der Waals surface area contributed by atoms with E-state index in [1.54, 1.807) is 6.07 Å². The minimum atomic E-state index is -3.74. The van der Waals surface area contributed by atoms with Gasteiger partial charge >= 0.3 is 0 Å². The first-order chi connectivity index (χ1) is 12.0. The van der Waals surface area contributed by atoms with Gasteiger partial charge in [0.25, 0.3) is 5.91 Å². The summed E-state index contributed by atoms with van der Waals surface area (Å²) in [5.74, 6) is -0.0813. The van der Waals surface area contributed by atoms with Gasteiger partial charge in [0.2, 0.25) is 10.0 Å². The first-order valence-corrected chi connectivity index (χ1v) is 10.1. The standard InChI is InChI=1S/C17H27N3O4S.ClH/c1-24-15-9-8-13(17(21)19-11-5-4-10-18)12-16(15)25(22,23)20-14-6-2-3-7-14;/h8-9,12,14,20H,2-7,10-11,18H2,1H3,(H,19,21);1H. The van der Waals surface area contributed by atoms with Crippen LogP contribution < -0.4 is 20.5 Å². The number of nitrogens with one attached hydrogen (secondary N) is 2. The third-order valence-electron chi connectivity index (χ3n) is 4.31. The Labute approximate surface area is 161 Å². The van der Waals surface area contributed by atoms with Gasteiger partial charge in [-0.1, -0.05) is 12.8 Å². The molecule has 1 saturated carbocycles. The molecule has 0 unspecified atom stereocenters. The van der Waals surface area contributed by atoms with E-state index in [9.17, 15) is 13.2 Å². The number of unbranched alkanes of at least 4 members (excludes halogenated alkanes) is 1. The van der Waals surface area contributed by atoms with Crippen LogP contribution in [0.2, 0.25) is 0 Å². The first-order valence-electron chi connectivity index (χ1n) is 8.66. The second-order valence-corrected chi connectivity index (χ2v) is 7.90. The van der Waals surface area contributed by atoms with Crippen LogP contribution in [0, 0.1) is 0 Å². The number of carbonyl (C=O) groups excluding carboxylic acids is 1. The smallest absolute Gasteiger partial charge is 0.251 e. The summed E-state index contributed by atoms with van der Waals surface area (Å²) >= 11 is 0. The van der Waals surface area contributed by atoms with Crippen molar-refractivity contribution in [3.63, 3.8) is 0 Å². The molecule has 26 heavy (non-hydrogen) atoms. The third-order valence-corrected chi connectivity index (χ3v) is 5.85. The minimum Gasteiger partial charge on any atom is -0.495 e. The maximum atomic E-state index is 12.7. The molecule has 0 saturated heterocycles. The monoisotopic (exact) mass is 405 g/mol. The van der Waals surface area contributed by atoms with Gasteiger partial charge in [0.05, 0.1) is 7.11 Å². The van der Waals surface area contributed by atoms with Crippen LogP contribution in [-0.2, 0) is 10.0 Å². The molecule has 1 aromatic rings. The van der Waals surface area contributed by atoms with E-state index in [2.05, 4.69) is 10.0 Å². The number of halogens is 1. The van der Waals surface area contributed by atoms with Crippen molar-refractivity contribution in [3.05, 3.63) is 23.8 Å². The number of rotatable bonds is 9. The number of ether oxygens (including phenoxy) is 1. The number of benzene rings is 1. The first kappa shape index (κ1) is 22.7. The van der Waals surface area contributed by atoms with E-state index in [1.807, 2.05) is 0 Å². The maximum Gasteiger partial charge on any atom is 0.251 e. The van der Waals surface area contributed by atoms with Crippen LogP contribution in [-0.4, -0.2) is 40.6 Å². The van der Waals surface area contributed by atoms with Crippen LogP contribution in [0.15, 0.2) is 23.1 Å². The fourth-order valence-corrected chi connectivity index (χ4v) is 4.43. The number of amides is 1. The third kappa shape index (κ3) is 6.12. The Morgan fingerprint density at radius 3 is 2.58 bits per heavy atom. The van der Waals surface area contributed by atoms with E-state index >= 15 is 0 Å². The van der Waals surface area contributed by atoms with Crippen molar-refractivity contribution in [2.75, 3.05) is 20.2 Å². The molecule has 1 aliphatic rings. The zero-order chi connectivity index (χ0) is 18.3. The molecule has 148 valence electrons. The summed E-state index contributed by atoms with van der Waals surface area (Å²) < 4.78 is 33.3. The van der Waals surface area contributed by atoms with Gasteiger partial charge in [-0.3, -0.25) is 4.79 Å². The molecule has 0 atom stereocenters. The average Bonchev–Trinajstić information content (AvgIpc) is 3.10. The van der Waals surface area contributed by atoms with Crippen molar-refractivity contribution in [1.29, 1.82) is 0 Å². The van der Waals surface area contributed by atoms with Crippen LogP contribution in [0.5, 0.6) is 5.75 Å². The average molecular weight is 406 g/mol. The molecule has 9 heteroatoms. The number of methoxy groups -OCH3 is 1. The molecule has 1 aromatic carbocycles. The second-order valence-electron chi connectivity index (χ2n) is 6.22. The highest BCUT2D eigenvalue weighted by molar-refractivity contribution is 7.89. The Morgan fingerprint density at radius 2 is 1.96 bits per heavy atom. The zero-order valence-electron chi connectivity index (χ0n) is 15.0. The zero-order valence-corrected chi connectivity index (χ0v) is 16.6. The molecular weight excluding hydrogens is 378 g/mol. The highest BCUT2D eigenvalue weighted by atomic mass is 35.5. The SMILES string of the molecule is COc1ccc(C(=O)NCCCCN)cc1S(=O)(=O)NC1CCCC1.Cl. The minimum absolute atomic E-state index is 0. The van der Waals surface area contributed by atoms with Crippen LogP contribution >= 0.6 is 12.4 Å². The van der Waals surface area contributed by atoms with E-state index in [4.69, 9.17) is 10.5 Å². The quantitative estimate of drug-likeness (QED) is 0.542. The highest BCUT2D eigenvalue weighted by Crippen LogP contribution is 2.27. The summed E-state index contributed by atoms with van der Waals surface area (Å²) in [5.41, 5.74) is 5.71. The van der Waals surface area contributed by atoms with E-state index in [1.165, 1.54) is 19.2 Å². The Hall–Kier alpha value is -1.35. The molecule has 7 nitrogen and oxygen atoms in total. The van der Waals surface area contributed by atoms with Crippen molar-refractivity contribution < 1.29 is 17.9 Å². The van der Waals surface area contributed by atoms with Crippen molar-refractivity contribution >= 4 is 28.3 Å². The Bertz CT molecular complexity index is 691. The summed E-state index contributed by atoms with van der Waals surface area (Å²) in [6, 6.07) is 4.39. The fraction of sp³-hybridized carbons (Fsp3) is 0.588. The molecule has 1 amide bonds. The van der Waals surface area contributed by atoms with Gasteiger partial charge in [0, 0.05) is 18.2 Å². The molecule has 0 radical (unpaired) electrons. The van der Waals surface area contributed by atoms with Crippen LogP contribution in [0.3, 0.4) is 0 Å². The molecule has 0 spiro atoms. The largest absolute Gasteiger partial charge is 0.495 e. The molecule has 0 bridgehead atoms. The number of hydrogen-bond donors (Lipinski definition) is 3. The number of hydrogen-bond acceptors (Lipinski definition) is 5. The Kier molecular flexibility index (Phi) is 9.35. The molecular formula is C17H28ClN3O4S. The molecule has 2 rings (SSSR count). The van der Waals surface area contributed by atoms with Crippen LogP contribution in [0.1, 0.15) is 48.9 Å². The molecule has 4 N–H and O–H groups in total. The van der Waals surface area contributed by atoms with Crippen LogP contribution in [0.25, 0.3) is 0 Å². The van der Waals surface area contributed by atoms with Crippen molar-refractivity contribution in [1.82, 2.24) is 10.0 Å². The van der Waals surface area contributed by atoms with Gasteiger partial charge in [0.1, 0.15) is 10.6 Å². The van der Waals surface area contributed by atoms with E-state index in [0.29, 0.717) is 18.7 Å². The lowest BCUT2D eigenvalue weighted by Gasteiger charge is -2.15. The predicted molar refractivity (Wildman–Crippen MR) is 103 cm³/mol. The van der Waals surface area contributed by atoms with Gasteiger partial charge < -0.3 is 15.8 Å². The molecule has 0 aromatic heterocycles. The lowest BCUT2D eigenvalue weighted by atomic mass is 10.2. The molecule has 1 aliphatic carbocycles. The summed E-state index contributed by atoms with van der Waals surface area (Å²) in [6.07, 6.45) is 5.33. The van der Waals surface area contributed by atoms with Gasteiger partial charge in [0.15, 0.2) is 0 Å². The Balaban J connectivity index is 0.00000338. The van der Waals surface area contributed by atoms with Crippen LogP contribution in [0.4, 0.5) is 0 Å². The van der Waals surface area contributed by atoms with Gasteiger partial charge in [-0.15, -0.1) is 12.4 Å². The number of nitrogens with two attached hydrogens (primary N) is 1. The summed E-state index contributed by atoms with van der Waals surface area (Å²) in [7, 11) is -2.33. The van der Waals surface area contributed by atoms with Gasteiger partial charge in [-0.05, 0) is 50.4 Å². The van der Waals surface area contributed by atoms with Crippen molar-refractivity contribution in [3.8, 4) is 5.75 Å². The number of sulfonamides is 1. The predicted octanol–water partition coefficient (Wildman–Crippen LogP) is 1.81. The molecule has 0 heterocycles. The lowest BCUT2D eigenvalue weighted by molar-refractivity contribution is 0.0953. The van der Waals surface area contributed by atoms with Crippen molar-refractivity contribution in [2.24, 2.45) is 5.73 Å². The lowest BCUT2D eigenvalue weighted by Crippen LogP contribution is -2.33. The van der Waals surface area contributed by atoms with E-state index < -0.39 is 10.0 Å². The summed E-state index contributed by atoms with van der Waals surface area (Å²) in [5, 5.41) is 2.77. The second kappa shape index (κ2) is 10.7. The van der Waals surface area contributed by atoms with Gasteiger partial charge in [-0.25, -0.2) is 13.1 Å². The summed E-state index contributed by atoms with van der Waals surface area (Å²) in [6.45, 7) is 1.08. The van der Waals surface area contributed by atoms with Gasteiger partial charge in [-0.2, -0.15) is 0 Å². The van der Waals surface area contributed by atoms with E-state index in [0.717, 1.165) is 38.5 Å². The fourth-order valence-electron chi connectivity index (χ4n) is 2.93. The molecule has 0 aliphatic heterocycles. The van der Waals surface area contributed by atoms with E-state index in [-0.39, 0.29) is 35.0 Å².